The molecule has 0 bridgehead atoms. The number of ether oxygens (including phenoxy) is 2. The van der Waals surface area contributed by atoms with Gasteiger partial charge in [0.2, 0.25) is 5.95 Å². The molecule has 244 valence electrons. The summed E-state index contributed by atoms with van der Waals surface area (Å²) >= 11 is 3.38. The summed E-state index contributed by atoms with van der Waals surface area (Å²) < 4.78 is 39.8. The molecular weight excluding hydrogens is 669 g/mol. The summed E-state index contributed by atoms with van der Waals surface area (Å²) in [6.45, 7) is 7.14. The van der Waals surface area contributed by atoms with Crippen LogP contribution in [-0.4, -0.2) is 56.9 Å². The van der Waals surface area contributed by atoms with Crippen LogP contribution in [0.3, 0.4) is 0 Å². The molecule has 0 radical (unpaired) electrons. The first-order chi connectivity index (χ1) is 21.4. The van der Waals surface area contributed by atoms with E-state index in [0.29, 0.717) is 25.0 Å². The fourth-order valence-corrected chi connectivity index (χ4v) is 6.92. The standard InChI is InChI=1S/C30H39BrN5O8P/c1-5-7-20(4)43-28(39)19(3)15-45(40,44-23-11-9-22(31)10-12-23)42-17-30(16-41-24(37)8-6-2)13-21(30)14-36-18-33-25-26(36)34-29(32)35-27(25)38/h9-12,14,18-20H,5-8,13,15-17H2,1-4H3,(H3,32,34,35,38)/b21-14-/t19-,20+,30-,45+/m1/s1. The molecule has 2 heterocycles. The van der Waals surface area contributed by atoms with Crippen LogP contribution in [-0.2, 0) is 28.2 Å². The molecule has 4 atom stereocenters. The van der Waals surface area contributed by atoms with Crippen LogP contribution in [0.15, 0.2) is 45.4 Å². The summed E-state index contributed by atoms with van der Waals surface area (Å²) in [7, 11) is -3.97. The average Bonchev–Trinajstić information content (AvgIpc) is 3.51. The van der Waals surface area contributed by atoms with Crippen LogP contribution in [0.4, 0.5) is 5.95 Å². The molecule has 0 saturated heterocycles. The van der Waals surface area contributed by atoms with Crippen molar-refractivity contribution in [3.05, 3.63) is 51.0 Å². The topological polar surface area (TPSA) is 178 Å². The number of aromatic amines is 1. The SMILES string of the molecule is CCCC(=O)OC[C@@]1(CO[P@@](=O)(C[C@@H](C)C(=O)O[C@@H](C)CCC)Oc2ccc(Br)cc2)C/C1=C/n1cnc2c(=O)[nH]c(N)nc21. The van der Waals surface area contributed by atoms with Crippen molar-refractivity contribution < 1.29 is 32.7 Å². The minimum absolute atomic E-state index is 0.0368. The van der Waals surface area contributed by atoms with E-state index < -0.39 is 30.5 Å². The van der Waals surface area contributed by atoms with Crippen molar-refractivity contribution in [1.29, 1.82) is 0 Å². The number of hydrogen-bond acceptors (Lipinski definition) is 11. The van der Waals surface area contributed by atoms with E-state index in [4.69, 9.17) is 24.3 Å². The molecule has 1 aromatic carbocycles. The number of nitrogen functional groups attached to an aromatic ring is 1. The number of anilines is 1. The third-order valence-electron chi connectivity index (χ3n) is 7.30. The Bertz CT molecular complexity index is 1660. The Morgan fingerprint density at radius 3 is 2.62 bits per heavy atom. The number of halogens is 1. The number of esters is 2. The van der Waals surface area contributed by atoms with Gasteiger partial charge in [0.15, 0.2) is 11.2 Å². The van der Waals surface area contributed by atoms with Crippen molar-refractivity contribution in [2.45, 2.75) is 65.9 Å². The van der Waals surface area contributed by atoms with Gasteiger partial charge in [0.05, 0.1) is 30.2 Å². The molecular formula is C30H39BrN5O8P. The van der Waals surface area contributed by atoms with Gasteiger partial charge in [-0.15, -0.1) is 0 Å². The number of nitrogens with zero attached hydrogens (tertiary/aromatic N) is 3. The molecule has 0 amide bonds. The van der Waals surface area contributed by atoms with Crippen LogP contribution in [0, 0.1) is 11.3 Å². The van der Waals surface area contributed by atoms with E-state index >= 15 is 0 Å². The predicted molar refractivity (Wildman–Crippen MR) is 173 cm³/mol. The number of benzene rings is 1. The average molecular weight is 709 g/mol. The molecule has 1 aliphatic carbocycles. The van der Waals surface area contributed by atoms with Crippen molar-refractivity contribution in [3.8, 4) is 5.75 Å². The van der Waals surface area contributed by atoms with Crippen LogP contribution in [0.5, 0.6) is 5.75 Å². The van der Waals surface area contributed by atoms with Crippen molar-refractivity contribution >= 4 is 58.8 Å². The molecule has 0 aliphatic heterocycles. The zero-order valence-electron chi connectivity index (χ0n) is 25.8. The number of H-pyrrole nitrogens is 1. The highest BCUT2D eigenvalue weighted by Gasteiger charge is 2.52. The first-order valence-electron chi connectivity index (χ1n) is 14.9. The lowest BCUT2D eigenvalue weighted by atomic mass is 10.1. The summed E-state index contributed by atoms with van der Waals surface area (Å²) in [4.78, 5) is 48.2. The van der Waals surface area contributed by atoms with Crippen molar-refractivity contribution in [2.75, 3.05) is 25.1 Å². The summed E-state index contributed by atoms with van der Waals surface area (Å²) in [5, 5.41) is 0. The second-order valence-electron chi connectivity index (χ2n) is 11.3. The van der Waals surface area contributed by atoms with Gasteiger partial charge in [0.1, 0.15) is 18.7 Å². The number of hydrogen-bond donors (Lipinski definition) is 2. The molecule has 0 unspecified atom stereocenters. The van der Waals surface area contributed by atoms with Crippen molar-refractivity contribution in [2.24, 2.45) is 11.3 Å². The highest BCUT2D eigenvalue weighted by molar-refractivity contribution is 9.10. The number of carbonyl (C=O) groups excluding carboxylic acids is 2. The van der Waals surface area contributed by atoms with E-state index in [1.54, 1.807) is 42.0 Å². The molecule has 2 aromatic heterocycles. The maximum atomic E-state index is 14.3. The van der Waals surface area contributed by atoms with Gasteiger partial charge >= 0.3 is 19.5 Å². The highest BCUT2D eigenvalue weighted by Crippen LogP contribution is 2.58. The summed E-state index contributed by atoms with van der Waals surface area (Å²) in [5.41, 5.74) is 5.57. The molecule has 3 N–H and O–H groups in total. The molecule has 13 nitrogen and oxygen atoms in total. The number of nitrogens with two attached hydrogens (primary N) is 1. The van der Waals surface area contributed by atoms with E-state index in [2.05, 4.69) is 30.9 Å². The third kappa shape index (κ3) is 9.05. The molecule has 1 aliphatic rings. The largest absolute Gasteiger partial charge is 0.465 e. The van der Waals surface area contributed by atoms with E-state index in [-0.39, 0.29) is 55.0 Å². The Morgan fingerprint density at radius 1 is 1.20 bits per heavy atom. The van der Waals surface area contributed by atoms with Gasteiger partial charge in [-0.3, -0.25) is 28.5 Å². The number of aromatic nitrogens is 4. The Hall–Kier alpha value is -3.48. The number of nitrogens with one attached hydrogen (secondary N) is 1. The second-order valence-corrected chi connectivity index (χ2v) is 14.3. The Kier molecular flexibility index (Phi) is 11.3. The molecule has 4 rings (SSSR count). The smallest absolute Gasteiger partial charge is 0.380 e. The maximum Gasteiger partial charge on any atom is 0.380 e. The Morgan fingerprint density at radius 2 is 1.93 bits per heavy atom. The second kappa shape index (κ2) is 14.7. The molecule has 0 spiro atoms. The number of imidazole rings is 1. The normalized spacial score (nSPS) is 19.5. The van der Waals surface area contributed by atoms with Gasteiger partial charge in [-0.25, -0.2) is 9.55 Å². The molecule has 1 fully saturated rings. The van der Waals surface area contributed by atoms with E-state index in [9.17, 15) is 18.9 Å². The number of rotatable bonds is 16. The van der Waals surface area contributed by atoms with Crippen molar-refractivity contribution in [3.63, 3.8) is 0 Å². The summed E-state index contributed by atoms with van der Waals surface area (Å²) in [5.74, 6) is -1.42. The lowest BCUT2D eigenvalue weighted by Crippen LogP contribution is -2.26. The fraction of sp³-hybridized carbons (Fsp3) is 0.500. The van der Waals surface area contributed by atoms with Gasteiger partial charge in [-0.1, -0.05) is 43.1 Å². The zero-order valence-corrected chi connectivity index (χ0v) is 28.3. The minimum Gasteiger partial charge on any atom is -0.465 e. The summed E-state index contributed by atoms with van der Waals surface area (Å²) in [6.07, 6.45) is 5.49. The number of fused-ring (bicyclic) bond motifs is 1. The molecule has 3 aromatic rings. The maximum absolute atomic E-state index is 14.3. The summed E-state index contributed by atoms with van der Waals surface area (Å²) in [6, 6.07) is 6.76. The Labute approximate surface area is 269 Å². The van der Waals surface area contributed by atoms with Crippen LogP contribution < -0.4 is 15.8 Å². The van der Waals surface area contributed by atoms with Crippen LogP contribution >= 0.6 is 23.5 Å². The van der Waals surface area contributed by atoms with Gasteiger partial charge in [-0.05, 0) is 56.0 Å². The molecule has 45 heavy (non-hydrogen) atoms. The molecule has 1 saturated carbocycles. The van der Waals surface area contributed by atoms with Gasteiger partial charge < -0.3 is 19.7 Å². The Balaban J connectivity index is 1.60. The third-order valence-corrected chi connectivity index (χ3v) is 9.84. The molecule has 15 heteroatoms. The number of carbonyl (C=O) groups is 2. The van der Waals surface area contributed by atoms with Gasteiger partial charge in [-0.2, -0.15) is 4.98 Å². The van der Waals surface area contributed by atoms with E-state index in [0.717, 1.165) is 16.5 Å². The van der Waals surface area contributed by atoms with Crippen LogP contribution in [0.1, 0.15) is 59.8 Å². The lowest BCUT2D eigenvalue weighted by Gasteiger charge is -2.25. The first kappa shape index (κ1) is 34.4. The fourth-order valence-electron chi connectivity index (χ4n) is 4.72. The minimum atomic E-state index is -3.97. The van der Waals surface area contributed by atoms with Crippen LogP contribution in [0.25, 0.3) is 17.4 Å². The van der Waals surface area contributed by atoms with Gasteiger partial charge in [0, 0.05) is 17.1 Å². The highest BCUT2D eigenvalue weighted by atomic mass is 79.9. The lowest BCUT2D eigenvalue weighted by molar-refractivity contribution is -0.152. The monoisotopic (exact) mass is 707 g/mol. The van der Waals surface area contributed by atoms with E-state index in [1.807, 2.05) is 20.8 Å². The first-order valence-corrected chi connectivity index (χ1v) is 17.4. The van der Waals surface area contributed by atoms with Crippen molar-refractivity contribution in [1.82, 2.24) is 19.5 Å². The predicted octanol–water partition coefficient (Wildman–Crippen LogP) is 5.70. The van der Waals surface area contributed by atoms with E-state index in [1.165, 1.54) is 6.33 Å². The van der Waals surface area contributed by atoms with Gasteiger partial charge in [0.25, 0.3) is 5.56 Å². The zero-order chi connectivity index (χ0) is 32.8. The van der Waals surface area contributed by atoms with Crippen LogP contribution in [0.2, 0.25) is 0 Å². The quantitative estimate of drug-likeness (QED) is 0.138.